The van der Waals surface area contributed by atoms with E-state index in [0.717, 1.165) is 26.9 Å². The van der Waals surface area contributed by atoms with Crippen molar-refractivity contribution in [2.45, 2.75) is 46.7 Å². The van der Waals surface area contributed by atoms with Crippen LogP contribution in [0.15, 0.2) is 23.6 Å². The number of carbonyl (C=O) groups is 1. The fourth-order valence-electron chi connectivity index (χ4n) is 3.58. The first-order chi connectivity index (χ1) is 15.5. The summed E-state index contributed by atoms with van der Waals surface area (Å²) in [4.78, 5) is 24.6. The lowest BCUT2D eigenvalue weighted by molar-refractivity contribution is -0.144. The number of carbonyl (C=O) groups excluding carboxylic acids is 1. The number of thiazole rings is 1. The number of fused-ring (bicyclic) bond motifs is 1. The third-order valence-electron chi connectivity index (χ3n) is 5.32. The van der Waals surface area contributed by atoms with Gasteiger partial charge in [0.05, 0.1) is 5.69 Å². The first-order valence-corrected chi connectivity index (χ1v) is 11.0. The summed E-state index contributed by atoms with van der Waals surface area (Å²) >= 11 is 1.34. The minimum Gasteiger partial charge on any atom is -0.302 e. The van der Waals surface area contributed by atoms with Crippen molar-refractivity contribution in [2.75, 3.05) is 5.32 Å². The largest absolute Gasteiger partial charge is 0.453 e. The zero-order valence-corrected chi connectivity index (χ0v) is 19.2. The number of aromatic nitrogens is 5. The highest BCUT2D eigenvalue weighted by atomic mass is 32.1. The lowest BCUT2D eigenvalue weighted by Crippen LogP contribution is -2.14. The van der Waals surface area contributed by atoms with Gasteiger partial charge in [0.2, 0.25) is 5.91 Å². The van der Waals surface area contributed by atoms with Crippen LogP contribution in [0.2, 0.25) is 0 Å². The Morgan fingerprint density at radius 1 is 1.12 bits per heavy atom. The van der Waals surface area contributed by atoms with Crippen LogP contribution in [0.4, 0.5) is 18.3 Å². The highest BCUT2D eigenvalue weighted by molar-refractivity contribution is 7.14. The summed E-state index contributed by atoms with van der Waals surface area (Å²) < 4.78 is 39.9. The normalized spacial score (nSPS) is 11.8. The zero-order valence-electron chi connectivity index (χ0n) is 18.4. The molecule has 3 heterocycles. The van der Waals surface area contributed by atoms with E-state index in [1.165, 1.54) is 11.3 Å². The molecule has 0 atom stereocenters. The van der Waals surface area contributed by atoms with Gasteiger partial charge in [0.25, 0.3) is 11.6 Å². The van der Waals surface area contributed by atoms with E-state index in [2.05, 4.69) is 31.4 Å². The van der Waals surface area contributed by atoms with Gasteiger partial charge in [-0.1, -0.05) is 17.7 Å². The molecular weight excluding hydrogens is 453 g/mol. The molecule has 4 aromatic rings. The lowest BCUT2D eigenvalue weighted by Gasteiger charge is -2.10. The molecule has 1 N–H and O–H groups in total. The molecule has 1 aromatic carbocycles. The number of amides is 1. The molecule has 11 heteroatoms. The lowest BCUT2D eigenvalue weighted by atomic mass is 10.0. The van der Waals surface area contributed by atoms with Crippen LogP contribution in [0, 0.1) is 27.7 Å². The van der Waals surface area contributed by atoms with E-state index >= 15 is 0 Å². The molecule has 0 saturated carbocycles. The maximum absolute atomic E-state index is 12.9. The maximum Gasteiger partial charge on any atom is 0.453 e. The van der Waals surface area contributed by atoms with Crippen molar-refractivity contribution in [2.24, 2.45) is 0 Å². The number of aryl methyl sites for hydroxylation is 4. The summed E-state index contributed by atoms with van der Waals surface area (Å²) in [5.41, 5.74) is 5.68. The molecule has 172 valence electrons. The van der Waals surface area contributed by atoms with Gasteiger partial charge in [-0.25, -0.2) is 14.5 Å². The highest BCUT2D eigenvalue weighted by Gasteiger charge is 2.37. The number of alkyl halides is 3. The van der Waals surface area contributed by atoms with Gasteiger partial charge >= 0.3 is 6.18 Å². The van der Waals surface area contributed by atoms with Crippen molar-refractivity contribution in [3.63, 3.8) is 0 Å². The molecule has 0 fully saturated rings. The van der Waals surface area contributed by atoms with Gasteiger partial charge < -0.3 is 5.32 Å². The molecular formula is C22H21F3N6OS. The van der Waals surface area contributed by atoms with E-state index in [1.54, 1.807) is 13.8 Å². The number of nitrogens with zero attached hydrogens (tertiary/aromatic N) is 5. The van der Waals surface area contributed by atoms with Gasteiger partial charge in [-0.15, -0.1) is 16.4 Å². The van der Waals surface area contributed by atoms with E-state index in [4.69, 9.17) is 0 Å². The third kappa shape index (κ3) is 4.72. The molecule has 0 spiro atoms. The molecule has 33 heavy (non-hydrogen) atoms. The topological polar surface area (TPSA) is 85.1 Å². The number of halogens is 3. The summed E-state index contributed by atoms with van der Waals surface area (Å²) in [7, 11) is 0. The number of anilines is 1. The van der Waals surface area contributed by atoms with E-state index in [1.807, 2.05) is 31.4 Å². The zero-order chi connectivity index (χ0) is 23.9. The highest BCUT2D eigenvalue weighted by Crippen LogP contribution is 2.29. The average molecular weight is 475 g/mol. The Labute approximate surface area is 191 Å². The minimum atomic E-state index is -4.66. The van der Waals surface area contributed by atoms with Crippen molar-refractivity contribution < 1.29 is 18.0 Å². The second kappa shape index (κ2) is 8.54. The van der Waals surface area contributed by atoms with Crippen molar-refractivity contribution in [3.8, 4) is 11.3 Å². The van der Waals surface area contributed by atoms with Crippen molar-refractivity contribution in [1.29, 1.82) is 0 Å². The van der Waals surface area contributed by atoms with Gasteiger partial charge in [0.1, 0.15) is 0 Å². The maximum atomic E-state index is 12.9. The van der Waals surface area contributed by atoms with Crippen molar-refractivity contribution >= 4 is 28.2 Å². The number of hydrogen-bond donors (Lipinski definition) is 1. The van der Waals surface area contributed by atoms with E-state index in [0.29, 0.717) is 28.5 Å². The monoisotopic (exact) mass is 474 g/mol. The average Bonchev–Trinajstić information content (AvgIpc) is 3.36. The SMILES string of the molecule is Cc1ccc(C)c(-c2csc(NC(=O)CCc3c(C)nc4nc(C(F)(F)F)nn4c3C)n2)c1. The van der Waals surface area contributed by atoms with Crippen LogP contribution < -0.4 is 5.32 Å². The number of benzene rings is 1. The van der Waals surface area contributed by atoms with Crippen LogP contribution in [0.1, 0.15) is 40.3 Å². The first-order valence-electron chi connectivity index (χ1n) is 10.2. The second-order valence-corrected chi connectivity index (χ2v) is 8.67. The van der Waals surface area contributed by atoms with Crippen molar-refractivity contribution in [3.05, 3.63) is 57.5 Å². The molecule has 3 aromatic heterocycles. The standard InChI is InChI=1S/C22H21F3N6OS/c1-11-5-6-12(2)16(9-11)17-10-33-21(27-17)28-18(32)8-7-15-13(3)26-20-29-19(22(23,24)25)30-31(20)14(15)4/h5-6,9-10H,7-8H2,1-4H3,(H,27,28,32). The van der Waals surface area contributed by atoms with Crippen LogP contribution >= 0.6 is 11.3 Å². The second-order valence-electron chi connectivity index (χ2n) is 7.81. The number of hydrogen-bond acceptors (Lipinski definition) is 6. The summed E-state index contributed by atoms with van der Waals surface area (Å²) in [6, 6.07) is 6.12. The Morgan fingerprint density at radius 3 is 2.61 bits per heavy atom. The third-order valence-corrected chi connectivity index (χ3v) is 6.08. The Kier molecular flexibility index (Phi) is 5.91. The van der Waals surface area contributed by atoms with E-state index < -0.39 is 12.0 Å². The van der Waals surface area contributed by atoms with Gasteiger partial charge in [-0.3, -0.25) is 4.79 Å². The molecule has 0 radical (unpaired) electrons. The molecule has 0 bridgehead atoms. The number of rotatable bonds is 5. The molecule has 0 saturated heterocycles. The summed E-state index contributed by atoms with van der Waals surface area (Å²) in [5.74, 6) is -1.60. The predicted octanol–water partition coefficient (Wildman–Crippen LogP) is 5.07. The Bertz CT molecular complexity index is 1360. The fraction of sp³-hybridized carbons (Fsp3) is 0.318. The number of nitrogens with one attached hydrogen (secondary N) is 1. The van der Waals surface area contributed by atoms with Crippen LogP contribution in [-0.2, 0) is 17.4 Å². The van der Waals surface area contributed by atoms with Gasteiger partial charge in [-0.2, -0.15) is 18.2 Å². The molecule has 0 aliphatic rings. The first kappa shape index (κ1) is 22.8. The van der Waals surface area contributed by atoms with Crippen LogP contribution in [0.5, 0.6) is 0 Å². The molecule has 7 nitrogen and oxygen atoms in total. The minimum absolute atomic E-state index is 0.118. The van der Waals surface area contributed by atoms with Crippen molar-refractivity contribution in [1.82, 2.24) is 24.6 Å². The fourth-order valence-corrected chi connectivity index (χ4v) is 4.30. The van der Waals surface area contributed by atoms with Gasteiger partial charge in [0.15, 0.2) is 5.13 Å². The van der Waals surface area contributed by atoms with Crippen LogP contribution in [-0.4, -0.2) is 30.5 Å². The summed E-state index contributed by atoms with van der Waals surface area (Å²) in [5, 5.41) is 8.72. The van der Waals surface area contributed by atoms with Crippen LogP contribution in [0.25, 0.3) is 17.0 Å². The van der Waals surface area contributed by atoms with Crippen LogP contribution in [0.3, 0.4) is 0 Å². The molecule has 0 aliphatic heterocycles. The van der Waals surface area contributed by atoms with E-state index in [-0.39, 0.29) is 18.1 Å². The predicted molar refractivity (Wildman–Crippen MR) is 119 cm³/mol. The molecule has 0 aliphatic carbocycles. The Hall–Kier alpha value is -3.34. The van der Waals surface area contributed by atoms with Gasteiger partial charge in [-0.05, 0) is 51.3 Å². The van der Waals surface area contributed by atoms with Gasteiger partial charge in [0, 0.05) is 28.8 Å². The molecule has 4 rings (SSSR count). The van der Waals surface area contributed by atoms with E-state index in [9.17, 15) is 18.0 Å². The Balaban J connectivity index is 1.47. The summed E-state index contributed by atoms with van der Waals surface area (Å²) in [6.07, 6.45) is -4.24. The molecule has 0 unspecified atom stereocenters. The smallest absolute Gasteiger partial charge is 0.302 e. The summed E-state index contributed by atoms with van der Waals surface area (Å²) in [6.45, 7) is 7.34. The Morgan fingerprint density at radius 2 is 1.88 bits per heavy atom. The molecule has 1 amide bonds. The quantitative estimate of drug-likeness (QED) is 0.437.